The van der Waals surface area contributed by atoms with Crippen molar-refractivity contribution in [1.29, 1.82) is 0 Å². The van der Waals surface area contributed by atoms with Gasteiger partial charge in [-0.15, -0.1) is 0 Å². The maximum Gasteiger partial charge on any atom is 0.317 e. The number of hydrogen-bond donors (Lipinski definition) is 1. The highest BCUT2D eigenvalue weighted by Gasteiger charge is 2.10. The average Bonchev–Trinajstić information content (AvgIpc) is 2.28. The quantitative estimate of drug-likeness (QED) is 0.603. The number of hydrogen-bond acceptors (Lipinski definition) is 1. The molecule has 3 heteroatoms. The summed E-state index contributed by atoms with van der Waals surface area (Å²) in [4.78, 5) is 13.8. The Labute approximate surface area is 101 Å². The third-order valence-electron chi connectivity index (χ3n) is 2.62. The number of rotatable bonds is 9. The van der Waals surface area contributed by atoms with Crippen molar-refractivity contribution in [2.45, 2.75) is 59.3 Å². The summed E-state index contributed by atoms with van der Waals surface area (Å²) < 4.78 is 0. The number of nitrogens with zero attached hydrogens (tertiary/aromatic N) is 1. The molecule has 0 aliphatic carbocycles. The Morgan fingerprint density at radius 1 is 0.938 bits per heavy atom. The van der Waals surface area contributed by atoms with Crippen molar-refractivity contribution in [3.63, 3.8) is 0 Å². The van der Waals surface area contributed by atoms with Crippen molar-refractivity contribution in [2.75, 3.05) is 19.6 Å². The lowest BCUT2D eigenvalue weighted by molar-refractivity contribution is 0.196. The summed E-state index contributed by atoms with van der Waals surface area (Å²) in [5.74, 6) is 0. The molecule has 0 aromatic heterocycles. The number of amides is 2. The van der Waals surface area contributed by atoms with Crippen molar-refractivity contribution in [1.82, 2.24) is 10.2 Å². The van der Waals surface area contributed by atoms with Gasteiger partial charge in [0.25, 0.3) is 0 Å². The Morgan fingerprint density at radius 2 is 1.62 bits per heavy atom. The van der Waals surface area contributed by atoms with E-state index in [0.717, 1.165) is 45.3 Å². The van der Waals surface area contributed by atoms with E-state index in [1.165, 1.54) is 12.8 Å². The second kappa shape index (κ2) is 10.8. The monoisotopic (exact) mass is 228 g/mol. The van der Waals surface area contributed by atoms with Crippen LogP contribution in [0.5, 0.6) is 0 Å². The van der Waals surface area contributed by atoms with Gasteiger partial charge < -0.3 is 10.2 Å². The minimum atomic E-state index is 0.117. The van der Waals surface area contributed by atoms with Crippen LogP contribution in [-0.2, 0) is 0 Å². The van der Waals surface area contributed by atoms with Crippen LogP contribution < -0.4 is 5.32 Å². The van der Waals surface area contributed by atoms with Crippen molar-refractivity contribution < 1.29 is 4.79 Å². The first-order valence-corrected chi connectivity index (χ1v) is 6.79. The second-order valence-corrected chi connectivity index (χ2v) is 4.28. The molecule has 0 spiro atoms. The zero-order valence-electron chi connectivity index (χ0n) is 11.2. The minimum absolute atomic E-state index is 0.117. The summed E-state index contributed by atoms with van der Waals surface area (Å²) in [7, 11) is 0. The number of nitrogens with one attached hydrogen (secondary N) is 1. The van der Waals surface area contributed by atoms with E-state index in [-0.39, 0.29) is 6.03 Å². The van der Waals surface area contributed by atoms with E-state index < -0.39 is 0 Å². The summed E-state index contributed by atoms with van der Waals surface area (Å²) in [5.41, 5.74) is 0. The first kappa shape index (κ1) is 15.3. The summed E-state index contributed by atoms with van der Waals surface area (Å²) in [6, 6.07) is 0.117. The summed E-state index contributed by atoms with van der Waals surface area (Å²) >= 11 is 0. The van der Waals surface area contributed by atoms with E-state index >= 15 is 0 Å². The molecule has 0 aliphatic heterocycles. The molecule has 0 unspecified atom stereocenters. The standard InChI is InChI=1S/C13H28N2O/c1-4-7-9-12-15(11-6-3)13(16)14-10-8-5-2/h4-12H2,1-3H3,(H,14,16). The Balaban J connectivity index is 3.82. The number of unbranched alkanes of at least 4 members (excludes halogenated alkanes) is 3. The Kier molecular flexibility index (Phi) is 10.3. The molecule has 0 heterocycles. The molecule has 0 saturated heterocycles. The van der Waals surface area contributed by atoms with Crippen molar-refractivity contribution >= 4 is 6.03 Å². The zero-order chi connectivity index (χ0) is 12.2. The number of urea groups is 1. The van der Waals surface area contributed by atoms with Crippen LogP contribution >= 0.6 is 0 Å². The molecule has 2 amide bonds. The maximum atomic E-state index is 11.8. The molecule has 1 N–H and O–H groups in total. The van der Waals surface area contributed by atoms with Crippen LogP contribution in [-0.4, -0.2) is 30.6 Å². The highest BCUT2D eigenvalue weighted by molar-refractivity contribution is 5.74. The van der Waals surface area contributed by atoms with Crippen LogP contribution in [0.15, 0.2) is 0 Å². The molecule has 0 aromatic rings. The van der Waals surface area contributed by atoms with Gasteiger partial charge in [0.05, 0.1) is 0 Å². The van der Waals surface area contributed by atoms with Crippen LogP contribution in [0.1, 0.15) is 59.3 Å². The molecular weight excluding hydrogens is 200 g/mol. The van der Waals surface area contributed by atoms with Crippen molar-refractivity contribution in [2.24, 2.45) is 0 Å². The molecule has 0 rings (SSSR count). The average molecular weight is 228 g/mol. The van der Waals surface area contributed by atoms with Gasteiger partial charge in [-0.05, 0) is 19.3 Å². The predicted octanol–water partition coefficient (Wildman–Crippen LogP) is 3.40. The fourth-order valence-electron chi connectivity index (χ4n) is 1.62. The summed E-state index contributed by atoms with van der Waals surface area (Å²) in [6.07, 6.45) is 6.77. The molecule has 0 saturated carbocycles. The lowest BCUT2D eigenvalue weighted by Crippen LogP contribution is -2.41. The topological polar surface area (TPSA) is 32.3 Å². The molecule has 96 valence electrons. The normalized spacial score (nSPS) is 10.2. The van der Waals surface area contributed by atoms with Crippen LogP contribution in [0.4, 0.5) is 4.79 Å². The zero-order valence-corrected chi connectivity index (χ0v) is 11.2. The first-order valence-electron chi connectivity index (χ1n) is 6.79. The van der Waals surface area contributed by atoms with E-state index in [4.69, 9.17) is 0 Å². The Hall–Kier alpha value is -0.730. The fraction of sp³-hybridized carbons (Fsp3) is 0.923. The smallest absolute Gasteiger partial charge is 0.317 e. The van der Waals surface area contributed by atoms with Gasteiger partial charge in [-0.1, -0.05) is 40.0 Å². The fourth-order valence-corrected chi connectivity index (χ4v) is 1.62. The van der Waals surface area contributed by atoms with Gasteiger partial charge in [-0.3, -0.25) is 0 Å². The third kappa shape index (κ3) is 7.55. The maximum absolute atomic E-state index is 11.8. The van der Waals surface area contributed by atoms with Crippen LogP contribution in [0.2, 0.25) is 0 Å². The van der Waals surface area contributed by atoms with Gasteiger partial charge in [0, 0.05) is 19.6 Å². The van der Waals surface area contributed by atoms with Crippen LogP contribution in [0.3, 0.4) is 0 Å². The molecular formula is C13H28N2O. The molecule has 0 aliphatic rings. The van der Waals surface area contributed by atoms with Crippen LogP contribution in [0.25, 0.3) is 0 Å². The minimum Gasteiger partial charge on any atom is -0.338 e. The van der Waals surface area contributed by atoms with E-state index in [0.29, 0.717) is 0 Å². The second-order valence-electron chi connectivity index (χ2n) is 4.28. The van der Waals surface area contributed by atoms with E-state index in [2.05, 4.69) is 26.1 Å². The van der Waals surface area contributed by atoms with Crippen molar-refractivity contribution in [3.05, 3.63) is 0 Å². The molecule has 16 heavy (non-hydrogen) atoms. The molecule has 0 atom stereocenters. The number of carbonyl (C=O) groups is 1. The van der Waals surface area contributed by atoms with E-state index in [9.17, 15) is 4.79 Å². The van der Waals surface area contributed by atoms with E-state index in [1.54, 1.807) is 0 Å². The summed E-state index contributed by atoms with van der Waals surface area (Å²) in [5, 5.41) is 2.98. The van der Waals surface area contributed by atoms with Crippen LogP contribution in [0, 0.1) is 0 Å². The van der Waals surface area contributed by atoms with Crippen molar-refractivity contribution in [3.8, 4) is 0 Å². The summed E-state index contributed by atoms with van der Waals surface area (Å²) in [6.45, 7) is 9.03. The van der Waals surface area contributed by atoms with Gasteiger partial charge in [0.2, 0.25) is 0 Å². The van der Waals surface area contributed by atoms with Gasteiger partial charge in [-0.2, -0.15) is 0 Å². The Bertz CT molecular complexity index is 171. The molecule has 0 bridgehead atoms. The number of carbonyl (C=O) groups excluding carboxylic acids is 1. The molecule has 0 fully saturated rings. The first-order chi connectivity index (χ1) is 7.76. The molecule has 3 nitrogen and oxygen atoms in total. The Morgan fingerprint density at radius 3 is 2.19 bits per heavy atom. The SMILES string of the molecule is CCCCCN(CCC)C(=O)NCCCC. The molecule has 0 aromatic carbocycles. The van der Waals surface area contributed by atoms with Gasteiger partial charge in [-0.25, -0.2) is 4.79 Å². The third-order valence-corrected chi connectivity index (χ3v) is 2.62. The molecule has 0 radical (unpaired) electrons. The lowest BCUT2D eigenvalue weighted by Gasteiger charge is -2.22. The van der Waals surface area contributed by atoms with Gasteiger partial charge in [0.15, 0.2) is 0 Å². The predicted molar refractivity (Wildman–Crippen MR) is 69.7 cm³/mol. The van der Waals surface area contributed by atoms with E-state index in [1.807, 2.05) is 4.90 Å². The highest BCUT2D eigenvalue weighted by atomic mass is 16.2. The largest absolute Gasteiger partial charge is 0.338 e. The highest BCUT2D eigenvalue weighted by Crippen LogP contribution is 2.00. The van der Waals surface area contributed by atoms with Gasteiger partial charge in [0.1, 0.15) is 0 Å². The lowest BCUT2D eigenvalue weighted by atomic mass is 10.2. The van der Waals surface area contributed by atoms with Gasteiger partial charge >= 0.3 is 6.03 Å².